The molecule has 5 aromatic rings. The van der Waals surface area contributed by atoms with Crippen LogP contribution < -0.4 is 9.47 Å². The number of unbranched alkanes of at least 4 members (excludes halogenated alkanes) is 11. The minimum absolute atomic E-state index is 0.0152. The second-order valence-corrected chi connectivity index (χ2v) is 21.3. The fraction of sp³-hybridized carbons (Fsp3) is 0.462. The van der Waals surface area contributed by atoms with Crippen molar-refractivity contribution in [2.45, 2.75) is 147 Å². The number of aliphatic hydroxyl groups excluding tert-OH is 2. The number of oxime groups is 1. The molecular formula is C65H79N3O11. The second-order valence-electron chi connectivity index (χ2n) is 21.3. The molecule has 0 bridgehead atoms. The van der Waals surface area contributed by atoms with Crippen molar-refractivity contribution >= 4 is 34.6 Å². The van der Waals surface area contributed by atoms with Crippen molar-refractivity contribution in [2.75, 3.05) is 26.4 Å². The summed E-state index contributed by atoms with van der Waals surface area (Å²) in [7, 11) is 0. The molecule has 2 N–H and O–H groups in total. The van der Waals surface area contributed by atoms with Crippen LogP contribution in [0.3, 0.4) is 0 Å². The fourth-order valence-electron chi connectivity index (χ4n) is 12.1. The van der Waals surface area contributed by atoms with Gasteiger partial charge in [-0.15, -0.1) is 6.58 Å². The van der Waals surface area contributed by atoms with E-state index in [-0.39, 0.29) is 69.4 Å². The van der Waals surface area contributed by atoms with Crippen molar-refractivity contribution in [2.24, 2.45) is 22.9 Å². The van der Waals surface area contributed by atoms with Gasteiger partial charge in [0.05, 0.1) is 36.3 Å². The van der Waals surface area contributed by atoms with Crippen LogP contribution in [0.25, 0.3) is 10.8 Å². The molecule has 1 amide bonds. The molecule has 0 saturated heterocycles. The van der Waals surface area contributed by atoms with Crippen molar-refractivity contribution in [3.63, 3.8) is 0 Å². The average Bonchev–Trinajstić information content (AvgIpc) is 2.91. The number of carbonyl (C=O) groups excluding carboxylic acids is 2. The number of aliphatic hydroxyl groups is 2. The number of hydrogen-bond acceptors (Lipinski definition) is 12. The lowest BCUT2D eigenvalue weighted by Crippen LogP contribution is -2.70. The third kappa shape index (κ3) is 14.7. The molecule has 1 heterocycles. The Labute approximate surface area is 465 Å². The zero-order valence-corrected chi connectivity index (χ0v) is 45.9. The van der Waals surface area contributed by atoms with E-state index in [4.69, 9.17) is 28.9 Å². The fourth-order valence-corrected chi connectivity index (χ4v) is 12.1. The van der Waals surface area contributed by atoms with E-state index in [2.05, 4.69) is 37.8 Å². The highest BCUT2D eigenvalue weighted by atomic mass is 16.7. The van der Waals surface area contributed by atoms with Gasteiger partial charge in [0.1, 0.15) is 36.2 Å². The predicted molar refractivity (Wildman–Crippen MR) is 307 cm³/mol. The number of nitrogens with zero attached hydrogens (tertiary/aromatic N) is 3. The number of nitro groups is 1. The lowest BCUT2D eigenvalue weighted by Gasteiger charge is -2.60. The van der Waals surface area contributed by atoms with Crippen LogP contribution in [-0.4, -0.2) is 76.4 Å². The number of hydrogen-bond donors (Lipinski definition) is 2. The van der Waals surface area contributed by atoms with Gasteiger partial charge in [-0.25, -0.2) is 4.79 Å². The summed E-state index contributed by atoms with van der Waals surface area (Å²) in [5.74, 6) is -1.04. The number of allylic oxidation sites excluding steroid dienone is 1. The normalized spacial score (nSPS) is 20.6. The summed E-state index contributed by atoms with van der Waals surface area (Å²) in [5.41, 5.74) is 4.34. The molecule has 420 valence electrons. The number of nitro benzene ring substituents is 1. The molecule has 0 radical (unpaired) electrons. The molecule has 79 heavy (non-hydrogen) atoms. The molecule has 1 aliphatic heterocycles. The van der Waals surface area contributed by atoms with E-state index in [1.807, 2.05) is 42.5 Å². The maximum absolute atomic E-state index is 15.5. The van der Waals surface area contributed by atoms with E-state index in [0.717, 1.165) is 78.7 Å². The second kappa shape index (κ2) is 29.4. The van der Waals surface area contributed by atoms with Crippen LogP contribution in [0.1, 0.15) is 149 Å². The van der Waals surface area contributed by atoms with Gasteiger partial charge >= 0.3 is 6.09 Å². The summed E-state index contributed by atoms with van der Waals surface area (Å²) < 4.78 is 27.8. The van der Waals surface area contributed by atoms with Gasteiger partial charge in [0, 0.05) is 48.8 Å². The lowest BCUT2D eigenvalue weighted by molar-refractivity contribution is -0.384. The van der Waals surface area contributed by atoms with Crippen molar-refractivity contribution in [3.05, 3.63) is 166 Å². The molecular weight excluding hydrogens is 999 g/mol. The molecule has 14 nitrogen and oxygen atoms in total. The molecule has 1 saturated carbocycles. The van der Waals surface area contributed by atoms with Gasteiger partial charge in [-0.3, -0.25) is 19.8 Å². The first-order valence-electron chi connectivity index (χ1n) is 28.8. The topological polar surface area (TPSA) is 179 Å². The zero-order valence-electron chi connectivity index (χ0n) is 45.9. The van der Waals surface area contributed by atoms with Crippen molar-refractivity contribution in [1.29, 1.82) is 0 Å². The number of rotatable bonds is 32. The highest BCUT2D eigenvalue weighted by Crippen LogP contribution is 2.62. The molecule has 1 fully saturated rings. The van der Waals surface area contributed by atoms with E-state index in [1.54, 1.807) is 47.4 Å². The molecule has 2 aliphatic carbocycles. The monoisotopic (exact) mass is 1080 g/mol. The van der Waals surface area contributed by atoms with Gasteiger partial charge in [-0.05, 0) is 114 Å². The van der Waals surface area contributed by atoms with Crippen LogP contribution >= 0.6 is 0 Å². The summed E-state index contributed by atoms with van der Waals surface area (Å²) in [5, 5.41) is 38.8. The van der Waals surface area contributed by atoms with E-state index in [1.165, 1.54) is 50.7 Å². The smallest absolute Gasteiger partial charge is 0.410 e. The number of carbonyl (C=O) groups is 2. The highest BCUT2D eigenvalue weighted by molar-refractivity contribution is 6.03. The molecule has 5 aromatic carbocycles. The Hall–Kier alpha value is -6.87. The van der Waals surface area contributed by atoms with E-state index in [0.29, 0.717) is 53.3 Å². The summed E-state index contributed by atoms with van der Waals surface area (Å²) in [6, 6.07) is 32.3. The maximum Gasteiger partial charge on any atom is 0.410 e. The average molecular weight is 1080 g/mol. The molecule has 0 unspecified atom stereocenters. The molecule has 0 aromatic heterocycles. The molecule has 8 rings (SSSR count). The van der Waals surface area contributed by atoms with Crippen LogP contribution in [0.4, 0.5) is 10.5 Å². The minimum atomic E-state index is -1.57. The minimum Gasteiger partial charge on any atom is -0.459 e. The number of benzene rings is 5. The number of aldehydes is 1. The van der Waals surface area contributed by atoms with Gasteiger partial charge < -0.3 is 34.0 Å². The van der Waals surface area contributed by atoms with Crippen LogP contribution in [-0.2, 0) is 27.5 Å². The summed E-state index contributed by atoms with van der Waals surface area (Å²) >= 11 is 0. The summed E-state index contributed by atoms with van der Waals surface area (Å²) in [6.07, 6.45) is 20.0. The Morgan fingerprint density at radius 2 is 1.54 bits per heavy atom. The first-order chi connectivity index (χ1) is 38.7. The maximum atomic E-state index is 15.5. The van der Waals surface area contributed by atoms with E-state index >= 15 is 4.79 Å². The Balaban J connectivity index is 1.27. The van der Waals surface area contributed by atoms with Crippen LogP contribution in [0.2, 0.25) is 0 Å². The van der Waals surface area contributed by atoms with Gasteiger partial charge in [-0.1, -0.05) is 149 Å². The van der Waals surface area contributed by atoms with E-state index < -0.39 is 28.8 Å². The van der Waals surface area contributed by atoms with Crippen LogP contribution in [0, 0.1) is 27.9 Å². The Bertz CT molecular complexity index is 2860. The largest absolute Gasteiger partial charge is 0.459 e. The van der Waals surface area contributed by atoms with Crippen molar-refractivity contribution in [1.82, 2.24) is 4.90 Å². The molecule has 6 atom stereocenters. The highest BCUT2D eigenvalue weighted by Gasteiger charge is 2.66. The third-order valence-electron chi connectivity index (χ3n) is 16.0. The number of ether oxygens (including phenoxy) is 4. The number of fused-ring (bicyclic) bond motifs is 3. The van der Waals surface area contributed by atoms with Gasteiger partial charge in [0.2, 0.25) is 5.79 Å². The first kappa shape index (κ1) is 58.3. The lowest BCUT2D eigenvalue weighted by atomic mass is 9.55. The first-order valence-corrected chi connectivity index (χ1v) is 28.8. The van der Waals surface area contributed by atoms with Crippen LogP contribution in [0.5, 0.6) is 17.2 Å². The Kier molecular flexibility index (Phi) is 21.7. The summed E-state index contributed by atoms with van der Waals surface area (Å²) in [6.45, 7) is 6.90. The van der Waals surface area contributed by atoms with Crippen molar-refractivity contribution in [3.8, 4) is 17.2 Å². The van der Waals surface area contributed by atoms with Gasteiger partial charge in [0.15, 0.2) is 0 Å². The molecule has 14 heteroatoms. The third-order valence-corrected chi connectivity index (χ3v) is 16.0. The Morgan fingerprint density at radius 3 is 2.28 bits per heavy atom. The molecule has 0 spiro atoms. The molecule has 3 aliphatic rings. The van der Waals surface area contributed by atoms with Gasteiger partial charge in [0.25, 0.3) is 5.69 Å². The number of non-ortho nitro benzene ring substituents is 1. The standard InChI is InChI=1S/C65H79N3O11/c1-3-5-6-7-8-9-10-11-12-19-39-75-64(72)67(44-51-26-21-25-49-23-13-14-28-55(49)51)61-43-59(66-77-46-47-30-32-52(33-31-47)68(73)74)57-41-50(24-15-17-36-69)56(29-16-18-37-70)62-58-42-54(78-53-27-20-22-48(40-53)45-71)34-35-60(58)79-65(61,63(57)62)76-38-4-2/h4,13-14,20-23,25-28,30-35,40-42,45,50,56,61-63,69-70H,2-3,5-12,15-19,24,29,36-39,43-44,46H2,1H3/t50-,56+,61-,62+,63+,65+/m0/s1. The van der Waals surface area contributed by atoms with Crippen molar-refractivity contribution < 1.29 is 48.5 Å². The van der Waals surface area contributed by atoms with Gasteiger partial charge in [-0.2, -0.15) is 0 Å². The predicted octanol–water partition coefficient (Wildman–Crippen LogP) is 14.7. The number of amides is 1. The zero-order chi connectivity index (χ0) is 55.4. The Morgan fingerprint density at radius 1 is 0.835 bits per heavy atom. The quantitative estimate of drug-likeness (QED) is 0.0138. The summed E-state index contributed by atoms with van der Waals surface area (Å²) in [4.78, 5) is 46.5. The van der Waals surface area contributed by atoms with Crippen LogP contribution in [0.15, 0.2) is 139 Å². The van der Waals surface area contributed by atoms with E-state index in [9.17, 15) is 25.1 Å². The SMILES string of the molecule is C=CCO[C@@]12Oc3ccc(Oc4cccc(C=O)c4)cc3[C@H]3[C@H](CCCCO)[C@@H](CCCCO)C=C(C(=NOCc4ccc([N+](=O)[O-])cc4)C[C@@H]1N(Cc1cccc4ccccc14)C(=O)OCCCCCCCCCCCC)[C@H]32.